The van der Waals surface area contributed by atoms with Crippen molar-refractivity contribution in [3.8, 4) is 0 Å². The second-order valence-corrected chi connectivity index (χ2v) is 6.15. The van der Waals surface area contributed by atoms with Crippen LogP contribution in [0.5, 0.6) is 0 Å². The number of nitrogens with zero attached hydrogens (tertiary/aromatic N) is 1. The Kier molecular flexibility index (Phi) is 5.00. The Morgan fingerprint density at radius 3 is 2.68 bits per heavy atom. The smallest absolute Gasteiger partial charge is 0.0449 e. The fourth-order valence-corrected chi connectivity index (χ4v) is 3.39. The lowest BCUT2D eigenvalue weighted by Crippen LogP contribution is -2.39. The quantitative estimate of drug-likeness (QED) is 0.873. The molecule has 2 unspecified atom stereocenters. The normalized spacial score (nSPS) is 22.1. The molecule has 19 heavy (non-hydrogen) atoms. The van der Waals surface area contributed by atoms with Gasteiger partial charge in [-0.15, -0.1) is 0 Å². The number of nitrogens with one attached hydrogen (secondary N) is 1. The van der Waals surface area contributed by atoms with Crippen LogP contribution in [0.3, 0.4) is 0 Å². The number of rotatable bonds is 5. The number of likely N-dealkylation sites (tertiary alicyclic amines) is 1. The molecule has 1 aliphatic heterocycles. The third kappa shape index (κ3) is 3.37. The maximum Gasteiger partial charge on any atom is 0.0449 e. The Bertz CT molecular complexity index is 400. The van der Waals surface area contributed by atoms with E-state index in [0.717, 1.165) is 18.5 Å². The maximum atomic E-state index is 3.50. The van der Waals surface area contributed by atoms with E-state index < -0.39 is 0 Å². The molecule has 1 heterocycles. The van der Waals surface area contributed by atoms with Crippen molar-refractivity contribution in [1.82, 2.24) is 10.2 Å². The number of hydrogen-bond acceptors (Lipinski definition) is 2. The Balaban J connectivity index is 2.09. The number of hydrogen-bond donors (Lipinski definition) is 1. The molecule has 1 N–H and O–H groups in total. The monoisotopic (exact) mass is 260 g/mol. The summed E-state index contributed by atoms with van der Waals surface area (Å²) < 4.78 is 0. The first kappa shape index (κ1) is 14.5. The van der Waals surface area contributed by atoms with E-state index in [9.17, 15) is 0 Å². The Labute approximate surface area is 118 Å². The summed E-state index contributed by atoms with van der Waals surface area (Å²) in [5.41, 5.74) is 2.83. The van der Waals surface area contributed by atoms with E-state index in [1.54, 1.807) is 0 Å². The van der Waals surface area contributed by atoms with Crippen LogP contribution in [0.2, 0.25) is 0 Å². The summed E-state index contributed by atoms with van der Waals surface area (Å²) in [6.07, 6.45) is 2.72. The number of likely N-dealkylation sites (N-methyl/N-ethyl adjacent to an activating group) is 1. The van der Waals surface area contributed by atoms with E-state index in [4.69, 9.17) is 0 Å². The zero-order valence-electron chi connectivity index (χ0n) is 12.8. The van der Waals surface area contributed by atoms with Crippen molar-refractivity contribution in [2.24, 2.45) is 5.92 Å². The van der Waals surface area contributed by atoms with Crippen LogP contribution in [0.25, 0.3) is 0 Å². The first-order valence-electron chi connectivity index (χ1n) is 7.60. The van der Waals surface area contributed by atoms with Gasteiger partial charge in [-0.1, -0.05) is 38.1 Å². The van der Waals surface area contributed by atoms with E-state index in [1.807, 2.05) is 0 Å². The van der Waals surface area contributed by atoms with Crippen LogP contribution in [-0.2, 0) is 0 Å². The highest BCUT2D eigenvalue weighted by Gasteiger charge is 2.29. The zero-order valence-corrected chi connectivity index (χ0v) is 12.8. The molecule has 0 aromatic heterocycles. The Morgan fingerprint density at radius 2 is 2.05 bits per heavy atom. The van der Waals surface area contributed by atoms with E-state index in [0.29, 0.717) is 6.04 Å². The van der Waals surface area contributed by atoms with Crippen molar-refractivity contribution in [2.45, 2.75) is 45.7 Å². The van der Waals surface area contributed by atoms with E-state index in [1.165, 1.54) is 30.5 Å². The molecule has 0 amide bonds. The van der Waals surface area contributed by atoms with Gasteiger partial charge >= 0.3 is 0 Å². The Morgan fingerprint density at radius 1 is 1.32 bits per heavy atom. The third-order valence-corrected chi connectivity index (χ3v) is 4.51. The minimum absolute atomic E-state index is 0.445. The van der Waals surface area contributed by atoms with Crippen molar-refractivity contribution in [3.63, 3.8) is 0 Å². The van der Waals surface area contributed by atoms with Crippen LogP contribution in [0.1, 0.15) is 43.9 Å². The molecule has 0 spiro atoms. The molecule has 1 saturated heterocycles. The van der Waals surface area contributed by atoms with E-state index >= 15 is 0 Å². The summed E-state index contributed by atoms with van der Waals surface area (Å²) in [7, 11) is 2.08. The summed E-state index contributed by atoms with van der Waals surface area (Å²) in [6, 6.07) is 9.95. The van der Waals surface area contributed by atoms with Crippen LogP contribution in [0, 0.1) is 12.8 Å². The van der Waals surface area contributed by atoms with Crippen molar-refractivity contribution in [1.29, 1.82) is 0 Å². The highest BCUT2D eigenvalue weighted by molar-refractivity contribution is 5.29. The summed E-state index contributed by atoms with van der Waals surface area (Å²) in [5.74, 6) is 0.761. The van der Waals surface area contributed by atoms with Gasteiger partial charge < -0.3 is 5.32 Å². The third-order valence-electron chi connectivity index (χ3n) is 4.51. The first-order valence-corrected chi connectivity index (χ1v) is 7.60. The number of benzene rings is 1. The second-order valence-electron chi connectivity index (χ2n) is 6.15. The van der Waals surface area contributed by atoms with Crippen LogP contribution in [0.15, 0.2) is 24.3 Å². The van der Waals surface area contributed by atoms with Gasteiger partial charge in [-0.05, 0) is 50.4 Å². The highest BCUT2D eigenvalue weighted by atomic mass is 15.2. The fraction of sp³-hybridized carbons (Fsp3) is 0.647. The predicted molar refractivity (Wildman–Crippen MR) is 82.4 cm³/mol. The topological polar surface area (TPSA) is 15.3 Å². The average Bonchev–Trinajstić information content (AvgIpc) is 2.85. The summed E-state index contributed by atoms with van der Waals surface area (Å²) in [6.45, 7) is 9.30. The molecular weight excluding hydrogens is 232 g/mol. The summed E-state index contributed by atoms with van der Waals surface area (Å²) >= 11 is 0. The predicted octanol–water partition coefficient (Wildman–Crippen LogP) is 3.38. The van der Waals surface area contributed by atoms with E-state index in [2.05, 4.69) is 62.3 Å². The highest BCUT2D eigenvalue weighted by Crippen LogP contribution is 2.27. The van der Waals surface area contributed by atoms with Gasteiger partial charge in [0.1, 0.15) is 0 Å². The van der Waals surface area contributed by atoms with Crippen molar-refractivity contribution < 1.29 is 0 Å². The summed E-state index contributed by atoms with van der Waals surface area (Å²) in [5, 5.41) is 3.50. The van der Waals surface area contributed by atoms with Gasteiger partial charge in [-0.3, -0.25) is 4.90 Å². The molecule has 2 nitrogen and oxygen atoms in total. The lowest BCUT2D eigenvalue weighted by atomic mass is 9.98. The molecule has 106 valence electrons. The fourth-order valence-electron chi connectivity index (χ4n) is 3.39. The molecule has 0 aliphatic carbocycles. The lowest BCUT2D eigenvalue weighted by Gasteiger charge is -2.31. The molecule has 0 radical (unpaired) electrons. The average molecular weight is 260 g/mol. The molecule has 0 bridgehead atoms. The molecule has 1 aromatic carbocycles. The van der Waals surface area contributed by atoms with Gasteiger partial charge in [0.05, 0.1) is 0 Å². The molecule has 2 rings (SSSR count). The largest absolute Gasteiger partial charge is 0.312 e. The standard InChI is InChI=1S/C17H28N2/c1-13(2)17-10-7-11-19(17)12-16(18-4)15-9-6-5-8-14(15)3/h5-6,8-9,13,16-18H,7,10-12H2,1-4H3. The lowest BCUT2D eigenvalue weighted by molar-refractivity contribution is 0.188. The maximum absolute atomic E-state index is 3.50. The first-order chi connectivity index (χ1) is 9.13. The van der Waals surface area contributed by atoms with Gasteiger partial charge in [-0.2, -0.15) is 0 Å². The molecule has 1 aliphatic rings. The van der Waals surface area contributed by atoms with Crippen LogP contribution >= 0.6 is 0 Å². The number of aryl methyl sites for hydroxylation is 1. The van der Waals surface area contributed by atoms with Crippen LogP contribution in [-0.4, -0.2) is 31.1 Å². The minimum Gasteiger partial charge on any atom is -0.312 e. The van der Waals surface area contributed by atoms with Crippen LogP contribution in [0.4, 0.5) is 0 Å². The van der Waals surface area contributed by atoms with Gasteiger partial charge in [0.15, 0.2) is 0 Å². The minimum atomic E-state index is 0.445. The van der Waals surface area contributed by atoms with Gasteiger partial charge in [0, 0.05) is 18.6 Å². The van der Waals surface area contributed by atoms with Crippen molar-refractivity contribution in [2.75, 3.05) is 20.1 Å². The zero-order chi connectivity index (χ0) is 13.8. The molecule has 1 fully saturated rings. The SMILES string of the molecule is CNC(CN1CCCC1C(C)C)c1ccccc1C. The van der Waals surface area contributed by atoms with Crippen molar-refractivity contribution >= 4 is 0 Å². The molecular formula is C17H28N2. The molecule has 2 heteroatoms. The second kappa shape index (κ2) is 6.53. The van der Waals surface area contributed by atoms with E-state index in [-0.39, 0.29) is 0 Å². The Hall–Kier alpha value is -0.860. The van der Waals surface area contributed by atoms with Gasteiger partial charge in [-0.25, -0.2) is 0 Å². The van der Waals surface area contributed by atoms with Crippen LogP contribution < -0.4 is 5.32 Å². The molecule has 2 atom stereocenters. The molecule has 1 aromatic rings. The van der Waals surface area contributed by atoms with Gasteiger partial charge in [0.2, 0.25) is 0 Å². The van der Waals surface area contributed by atoms with Crippen molar-refractivity contribution in [3.05, 3.63) is 35.4 Å². The summed E-state index contributed by atoms with van der Waals surface area (Å²) in [4.78, 5) is 2.68. The molecule has 0 saturated carbocycles. The van der Waals surface area contributed by atoms with Gasteiger partial charge in [0.25, 0.3) is 0 Å².